The van der Waals surface area contributed by atoms with Crippen molar-refractivity contribution in [2.24, 2.45) is 0 Å². The molecule has 318 valence electrons. The van der Waals surface area contributed by atoms with Crippen molar-refractivity contribution >= 4 is 85.1 Å². The molecule has 8 aromatic rings. The zero-order valence-electron chi connectivity index (χ0n) is 36.5. The van der Waals surface area contributed by atoms with Crippen molar-refractivity contribution in [3.63, 3.8) is 0 Å². The summed E-state index contributed by atoms with van der Waals surface area (Å²) in [4.78, 5) is 0. The van der Waals surface area contributed by atoms with Gasteiger partial charge >= 0.3 is 44.8 Å². The molecule has 6 heteroatoms. The number of hydrogen-bond acceptors (Lipinski definition) is 0. The molecule has 0 saturated heterocycles. The summed E-state index contributed by atoms with van der Waals surface area (Å²) in [6.45, 7) is 13.9. The fourth-order valence-corrected chi connectivity index (χ4v) is 15.9. The van der Waals surface area contributed by atoms with Crippen molar-refractivity contribution in [1.82, 2.24) is 0 Å². The zero-order valence-corrected chi connectivity index (χ0v) is 44.8. The van der Waals surface area contributed by atoms with Gasteiger partial charge in [0.05, 0.1) is 53.2 Å². The van der Waals surface area contributed by atoms with E-state index in [1.807, 2.05) is 24.3 Å². The Morgan fingerprint density at radius 1 is 0.371 bits per heavy atom. The molecule has 0 aliphatic carbocycles. The molecule has 0 radical (unpaired) electrons. The maximum atomic E-state index is 7.39. The summed E-state index contributed by atoms with van der Waals surface area (Å²) in [6.07, 6.45) is 17.3. The molecule has 0 aromatic heterocycles. The first-order chi connectivity index (χ1) is 29.0. The number of fused-ring (bicyclic) bond motifs is 2. The minimum Gasteiger partial charge on any atom is -0.366 e. The van der Waals surface area contributed by atoms with Gasteiger partial charge in [-0.15, -0.1) is 23.3 Å². The van der Waals surface area contributed by atoms with Gasteiger partial charge in [-0.25, -0.2) is 0 Å². The molecule has 0 aliphatic rings. The fraction of sp³-hybridized carbons (Fsp3) is 0.143. The number of hydrogen-bond donors (Lipinski definition) is 0. The van der Waals surface area contributed by atoms with Gasteiger partial charge in [0.2, 0.25) is 0 Å². The largest absolute Gasteiger partial charge is 1.00 e. The third-order valence-electron chi connectivity index (χ3n) is 10.8. The average molecular weight is 1240 g/mol. The summed E-state index contributed by atoms with van der Waals surface area (Å²) in [5.74, 6) is 5.11. The van der Waals surface area contributed by atoms with E-state index in [1.54, 1.807) is 0 Å². The van der Waals surface area contributed by atoms with Crippen molar-refractivity contribution in [2.75, 3.05) is 12.3 Å². The molecule has 8 aromatic carbocycles. The molecule has 0 amide bonds. The van der Waals surface area contributed by atoms with E-state index in [0.717, 1.165) is 21.9 Å². The Bertz CT molecular complexity index is 2430. The SMILES string of the molecule is [Au+].[Au+].[C-]#Cc1cc([Si](C)(C)C)cc2ccccc12.[C-]#Cc1cc([Si](C)(C)C)cc2ccccc12.c1ccc([PH+](CC[PH+](c2ccccc2)c2ccccc2)c2ccccc2)cc1. The summed E-state index contributed by atoms with van der Waals surface area (Å²) in [6, 6.07) is 69.7. The van der Waals surface area contributed by atoms with Crippen molar-refractivity contribution in [3.8, 4) is 11.8 Å². The minimum absolute atomic E-state index is 0. The van der Waals surface area contributed by atoms with Crippen LogP contribution in [0.2, 0.25) is 39.3 Å². The Balaban J connectivity index is 0.000000215. The van der Waals surface area contributed by atoms with Gasteiger partial charge in [-0.3, -0.25) is 11.8 Å². The number of benzene rings is 8. The molecule has 0 spiro atoms. The third-order valence-corrected chi connectivity index (χ3v) is 21.0. The Morgan fingerprint density at radius 2 is 0.629 bits per heavy atom. The van der Waals surface area contributed by atoms with Crippen LogP contribution in [0.3, 0.4) is 0 Å². The van der Waals surface area contributed by atoms with E-state index >= 15 is 0 Å². The summed E-state index contributed by atoms with van der Waals surface area (Å²) in [5.41, 5.74) is 1.83. The van der Waals surface area contributed by atoms with Crippen LogP contribution in [0, 0.1) is 24.7 Å². The smallest absolute Gasteiger partial charge is 0.366 e. The first-order valence-corrected chi connectivity index (χ1v) is 31.2. The van der Waals surface area contributed by atoms with E-state index in [1.165, 1.54) is 54.7 Å². The van der Waals surface area contributed by atoms with Crippen LogP contribution < -0.4 is 31.6 Å². The van der Waals surface area contributed by atoms with Crippen LogP contribution >= 0.6 is 15.8 Å². The summed E-state index contributed by atoms with van der Waals surface area (Å²) < 4.78 is 0. The van der Waals surface area contributed by atoms with Crippen LogP contribution in [0.1, 0.15) is 11.1 Å². The maximum absolute atomic E-state index is 7.39. The van der Waals surface area contributed by atoms with Crippen LogP contribution in [0.4, 0.5) is 0 Å². The molecule has 0 N–H and O–H groups in total. The maximum Gasteiger partial charge on any atom is 1.00 e. The molecule has 0 bridgehead atoms. The van der Waals surface area contributed by atoms with Crippen LogP contribution in [0.25, 0.3) is 21.5 Å². The quantitative estimate of drug-likeness (QED) is 0.0585. The van der Waals surface area contributed by atoms with Gasteiger partial charge in [0.15, 0.2) is 0 Å². The molecule has 62 heavy (non-hydrogen) atoms. The first-order valence-electron chi connectivity index (χ1n) is 20.8. The number of rotatable bonds is 9. The minimum atomic E-state index is -1.32. The van der Waals surface area contributed by atoms with Gasteiger partial charge in [-0.05, 0) is 59.3 Å². The monoisotopic (exact) mass is 1240 g/mol. The first kappa shape index (κ1) is 50.8. The van der Waals surface area contributed by atoms with Gasteiger partial charge < -0.3 is 12.8 Å². The van der Waals surface area contributed by atoms with Gasteiger partial charge in [0.25, 0.3) is 0 Å². The topological polar surface area (TPSA) is 0 Å². The van der Waals surface area contributed by atoms with E-state index < -0.39 is 32.0 Å². The van der Waals surface area contributed by atoms with E-state index in [9.17, 15) is 0 Å². The van der Waals surface area contributed by atoms with Crippen molar-refractivity contribution in [1.29, 1.82) is 0 Å². The molecule has 0 heterocycles. The molecule has 0 fully saturated rings. The Kier molecular flexibility index (Phi) is 19.9. The second kappa shape index (κ2) is 24.3. The second-order valence-corrected chi connectivity index (χ2v) is 32.5. The summed E-state index contributed by atoms with van der Waals surface area (Å²) in [7, 11) is -4.21. The zero-order chi connectivity index (χ0) is 42.5. The molecular formula is C56H56Au2P2Si2+2. The molecule has 0 unspecified atom stereocenters. The average Bonchev–Trinajstić information content (AvgIpc) is 3.28. The molecule has 0 atom stereocenters. The predicted octanol–water partition coefficient (Wildman–Crippen LogP) is 11.4. The molecule has 8 rings (SSSR count). The summed E-state index contributed by atoms with van der Waals surface area (Å²) in [5, 5.41) is 13.5. The Hall–Kier alpha value is -3.83. The summed E-state index contributed by atoms with van der Waals surface area (Å²) >= 11 is 0. The molecular weight excluding hydrogens is 1180 g/mol. The van der Waals surface area contributed by atoms with Gasteiger partial charge in [0, 0.05) is 0 Å². The molecule has 0 aliphatic heterocycles. The van der Waals surface area contributed by atoms with E-state index in [-0.39, 0.29) is 44.8 Å². The van der Waals surface area contributed by atoms with Gasteiger partial charge in [0.1, 0.15) is 12.3 Å². The van der Waals surface area contributed by atoms with Gasteiger partial charge in [-0.2, -0.15) is 0 Å². The van der Waals surface area contributed by atoms with E-state index in [4.69, 9.17) is 12.8 Å². The van der Waals surface area contributed by atoms with Crippen LogP contribution in [0.5, 0.6) is 0 Å². The predicted molar refractivity (Wildman–Crippen MR) is 277 cm³/mol. The van der Waals surface area contributed by atoms with E-state index in [2.05, 4.69) is 221 Å². The Labute approximate surface area is 407 Å². The van der Waals surface area contributed by atoms with Crippen molar-refractivity contribution in [3.05, 3.63) is 218 Å². The van der Waals surface area contributed by atoms with Gasteiger partial charge in [-0.1, -0.05) is 194 Å². The molecule has 0 nitrogen and oxygen atoms in total. The standard InChI is InChI=1S/C26H24P2.2C15H15Si.2Au/c1-5-13-23(14-6-1)27(24-15-7-2-8-16-24)21-22-28(25-17-9-3-10-18-25)26-19-11-4-12-20-26;2*1-5-12-10-14(16(2,3)4)11-13-8-6-7-9-15(12)13;;/h1-20H,21-22H2;2*6-11H,2-4H3;;/q;2*-1;2*+1/p+2. The normalized spacial score (nSPS) is 10.9. The third kappa shape index (κ3) is 13.8. The van der Waals surface area contributed by atoms with Crippen LogP contribution in [0.15, 0.2) is 194 Å². The molecule has 0 saturated carbocycles. The van der Waals surface area contributed by atoms with E-state index in [0.29, 0.717) is 0 Å². The van der Waals surface area contributed by atoms with Crippen LogP contribution in [-0.4, -0.2) is 28.5 Å². The Morgan fingerprint density at radius 3 is 0.887 bits per heavy atom. The fourth-order valence-electron chi connectivity index (χ4n) is 7.41. The van der Waals surface area contributed by atoms with Crippen LogP contribution in [-0.2, 0) is 44.8 Å². The van der Waals surface area contributed by atoms with Crippen molar-refractivity contribution in [2.45, 2.75) is 39.3 Å². The second-order valence-electron chi connectivity index (χ2n) is 17.2. The van der Waals surface area contributed by atoms with Crippen molar-refractivity contribution < 1.29 is 44.8 Å².